The van der Waals surface area contributed by atoms with E-state index in [9.17, 15) is 4.79 Å². The number of likely N-dealkylation sites (tertiary alicyclic amines) is 1. The molecular formula is C12H24N2O2. The summed E-state index contributed by atoms with van der Waals surface area (Å²) >= 11 is 0. The van der Waals surface area contributed by atoms with E-state index in [1.165, 1.54) is 0 Å². The summed E-state index contributed by atoms with van der Waals surface area (Å²) in [6.45, 7) is 7.96. The largest absolute Gasteiger partial charge is 0.369 e. The quantitative estimate of drug-likeness (QED) is 0.781. The van der Waals surface area contributed by atoms with E-state index >= 15 is 0 Å². The van der Waals surface area contributed by atoms with Crippen LogP contribution in [-0.4, -0.2) is 42.6 Å². The Kier molecular flexibility index (Phi) is 5.22. The van der Waals surface area contributed by atoms with Crippen molar-refractivity contribution in [3.63, 3.8) is 0 Å². The van der Waals surface area contributed by atoms with Crippen molar-refractivity contribution in [1.82, 2.24) is 4.90 Å². The normalized spacial score (nSPS) is 25.2. The molecule has 0 aromatic rings. The van der Waals surface area contributed by atoms with Crippen LogP contribution in [0.5, 0.6) is 0 Å². The minimum absolute atomic E-state index is 0.104. The van der Waals surface area contributed by atoms with Crippen LogP contribution in [0.2, 0.25) is 0 Å². The van der Waals surface area contributed by atoms with Gasteiger partial charge in [0.05, 0.1) is 0 Å². The molecular weight excluding hydrogens is 204 g/mol. The van der Waals surface area contributed by atoms with Crippen LogP contribution >= 0.6 is 0 Å². The summed E-state index contributed by atoms with van der Waals surface area (Å²) in [5, 5.41) is 0. The summed E-state index contributed by atoms with van der Waals surface area (Å²) in [6.07, 6.45) is 1.86. The summed E-state index contributed by atoms with van der Waals surface area (Å²) < 4.78 is 5.33. The van der Waals surface area contributed by atoms with Gasteiger partial charge in [0.2, 0.25) is 0 Å². The van der Waals surface area contributed by atoms with E-state index < -0.39 is 0 Å². The molecule has 94 valence electrons. The van der Waals surface area contributed by atoms with Crippen molar-refractivity contribution in [3.8, 4) is 0 Å². The predicted molar refractivity (Wildman–Crippen MR) is 64.0 cm³/mol. The zero-order valence-corrected chi connectivity index (χ0v) is 10.6. The molecule has 0 aromatic heterocycles. The standard InChI is InChI=1S/C12H24N2O2/c1-4-16-10(3)12(15)14-7-5-6-11(8-14)9(2)13/h9-11H,4-8,13H2,1-3H3/t9-,10+,11+/m0/s1. The van der Waals surface area contributed by atoms with E-state index in [0.717, 1.165) is 25.9 Å². The van der Waals surface area contributed by atoms with E-state index in [1.54, 1.807) is 0 Å². The van der Waals surface area contributed by atoms with Crippen molar-refractivity contribution in [2.45, 2.75) is 45.8 Å². The van der Waals surface area contributed by atoms with Crippen LogP contribution in [0.15, 0.2) is 0 Å². The lowest BCUT2D eigenvalue weighted by atomic mass is 9.92. The fourth-order valence-electron chi connectivity index (χ4n) is 2.22. The van der Waals surface area contributed by atoms with E-state index in [0.29, 0.717) is 12.5 Å². The summed E-state index contributed by atoms with van der Waals surface area (Å²) in [4.78, 5) is 13.9. The molecule has 1 saturated heterocycles. The van der Waals surface area contributed by atoms with Gasteiger partial charge >= 0.3 is 0 Å². The molecule has 1 aliphatic heterocycles. The first kappa shape index (κ1) is 13.5. The second kappa shape index (κ2) is 6.21. The van der Waals surface area contributed by atoms with Crippen LogP contribution in [0.4, 0.5) is 0 Å². The second-order valence-electron chi connectivity index (χ2n) is 4.64. The zero-order chi connectivity index (χ0) is 12.1. The maximum Gasteiger partial charge on any atom is 0.251 e. The van der Waals surface area contributed by atoms with Crippen LogP contribution in [0.25, 0.3) is 0 Å². The Morgan fingerprint density at radius 1 is 1.56 bits per heavy atom. The van der Waals surface area contributed by atoms with Gasteiger partial charge in [-0.3, -0.25) is 4.79 Å². The molecule has 0 saturated carbocycles. The third-order valence-corrected chi connectivity index (χ3v) is 3.28. The van der Waals surface area contributed by atoms with Gasteiger partial charge in [0.15, 0.2) is 0 Å². The van der Waals surface area contributed by atoms with Crippen molar-refractivity contribution in [2.24, 2.45) is 11.7 Å². The fraction of sp³-hybridized carbons (Fsp3) is 0.917. The maximum absolute atomic E-state index is 12.0. The first-order valence-electron chi connectivity index (χ1n) is 6.22. The van der Waals surface area contributed by atoms with Crippen molar-refractivity contribution < 1.29 is 9.53 Å². The van der Waals surface area contributed by atoms with Gasteiger partial charge in [0, 0.05) is 25.7 Å². The van der Waals surface area contributed by atoms with Gasteiger partial charge in [-0.15, -0.1) is 0 Å². The number of carbonyl (C=O) groups is 1. The monoisotopic (exact) mass is 228 g/mol. The van der Waals surface area contributed by atoms with Crippen LogP contribution in [0.1, 0.15) is 33.6 Å². The van der Waals surface area contributed by atoms with Gasteiger partial charge in [-0.25, -0.2) is 0 Å². The lowest BCUT2D eigenvalue weighted by molar-refractivity contribution is -0.144. The number of hydrogen-bond acceptors (Lipinski definition) is 3. The van der Waals surface area contributed by atoms with E-state index in [4.69, 9.17) is 10.5 Å². The molecule has 0 spiro atoms. The minimum atomic E-state index is -0.322. The fourth-order valence-corrected chi connectivity index (χ4v) is 2.22. The Morgan fingerprint density at radius 2 is 2.25 bits per heavy atom. The molecule has 1 heterocycles. The highest BCUT2D eigenvalue weighted by molar-refractivity contribution is 5.80. The lowest BCUT2D eigenvalue weighted by Gasteiger charge is -2.35. The Morgan fingerprint density at radius 3 is 2.81 bits per heavy atom. The van der Waals surface area contributed by atoms with Crippen LogP contribution in [0.3, 0.4) is 0 Å². The number of piperidine rings is 1. The average Bonchev–Trinajstić information content (AvgIpc) is 2.28. The SMILES string of the molecule is CCO[C@H](C)C(=O)N1CCC[C@@H]([C@H](C)N)C1. The summed E-state index contributed by atoms with van der Waals surface area (Å²) in [5.74, 6) is 0.540. The molecule has 2 N–H and O–H groups in total. The van der Waals surface area contributed by atoms with Crippen molar-refractivity contribution >= 4 is 5.91 Å². The van der Waals surface area contributed by atoms with Gasteiger partial charge in [-0.05, 0) is 39.5 Å². The maximum atomic E-state index is 12.0. The third kappa shape index (κ3) is 3.46. The molecule has 0 radical (unpaired) electrons. The van der Waals surface area contributed by atoms with Gasteiger partial charge < -0.3 is 15.4 Å². The Labute approximate surface area is 98.1 Å². The lowest BCUT2D eigenvalue weighted by Crippen LogP contribution is -2.48. The number of nitrogens with two attached hydrogens (primary N) is 1. The summed E-state index contributed by atoms with van der Waals surface area (Å²) in [5.41, 5.74) is 5.90. The van der Waals surface area contributed by atoms with Crippen molar-refractivity contribution in [3.05, 3.63) is 0 Å². The van der Waals surface area contributed by atoms with Gasteiger partial charge in [-0.2, -0.15) is 0 Å². The molecule has 0 aliphatic carbocycles. The highest BCUT2D eigenvalue weighted by Crippen LogP contribution is 2.19. The second-order valence-corrected chi connectivity index (χ2v) is 4.64. The molecule has 4 heteroatoms. The molecule has 0 unspecified atom stereocenters. The Hall–Kier alpha value is -0.610. The topological polar surface area (TPSA) is 55.6 Å². The average molecular weight is 228 g/mol. The molecule has 0 bridgehead atoms. The molecule has 1 fully saturated rings. The molecule has 1 rings (SSSR count). The number of nitrogens with zero attached hydrogens (tertiary/aromatic N) is 1. The van der Waals surface area contributed by atoms with Gasteiger partial charge in [0.1, 0.15) is 6.10 Å². The molecule has 1 aliphatic rings. The predicted octanol–water partition coefficient (Wildman–Crippen LogP) is 0.997. The third-order valence-electron chi connectivity index (χ3n) is 3.28. The van der Waals surface area contributed by atoms with E-state index in [-0.39, 0.29) is 18.1 Å². The molecule has 1 amide bonds. The highest BCUT2D eigenvalue weighted by Gasteiger charge is 2.28. The number of hydrogen-bond donors (Lipinski definition) is 1. The van der Waals surface area contributed by atoms with Crippen molar-refractivity contribution in [2.75, 3.05) is 19.7 Å². The number of rotatable bonds is 4. The smallest absolute Gasteiger partial charge is 0.251 e. The van der Waals surface area contributed by atoms with Crippen LogP contribution in [0, 0.1) is 5.92 Å². The van der Waals surface area contributed by atoms with E-state index in [1.807, 2.05) is 25.7 Å². The first-order chi connectivity index (χ1) is 7.56. The molecule has 4 nitrogen and oxygen atoms in total. The Balaban J connectivity index is 2.49. The van der Waals surface area contributed by atoms with E-state index in [2.05, 4.69) is 0 Å². The highest BCUT2D eigenvalue weighted by atomic mass is 16.5. The van der Waals surface area contributed by atoms with Crippen molar-refractivity contribution in [1.29, 1.82) is 0 Å². The van der Waals surface area contributed by atoms with Gasteiger partial charge in [-0.1, -0.05) is 0 Å². The Bertz CT molecular complexity index is 231. The molecule has 3 atom stereocenters. The first-order valence-corrected chi connectivity index (χ1v) is 6.22. The number of amides is 1. The van der Waals surface area contributed by atoms with Gasteiger partial charge in [0.25, 0.3) is 5.91 Å². The zero-order valence-electron chi connectivity index (χ0n) is 10.6. The summed E-state index contributed by atoms with van der Waals surface area (Å²) in [6, 6.07) is 0.165. The number of carbonyl (C=O) groups excluding carboxylic acids is 1. The molecule has 16 heavy (non-hydrogen) atoms. The minimum Gasteiger partial charge on any atom is -0.369 e. The molecule has 0 aromatic carbocycles. The number of ether oxygens (including phenoxy) is 1. The summed E-state index contributed by atoms with van der Waals surface area (Å²) in [7, 11) is 0. The van der Waals surface area contributed by atoms with Crippen LogP contribution in [-0.2, 0) is 9.53 Å². The van der Waals surface area contributed by atoms with Crippen LogP contribution < -0.4 is 5.73 Å².